The van der Waals surface area contributed by atoms with E-state index in [1.54, 1.807) is 0 Å². The molecule has 0 saturated heterocycles. The van der Waals surface area contributed by atoms with Gasteiger partial charge in [0.2, 0.25) is 11.8 Å². The van der Waals surface area contributed by atoms with Crippen molar-refractivity contribution in [2.24, 2.45) is 11.8 Å². The summed E-state index contributed by atoms with van der Waals surface area (Å²) in [5.74, 6) is 0.651. The van der Waals surface area contributed by atoms with Gasteiger partial charge in [0.25, 0.3) is 0 Å². The van der Waals surface area contributed by atoms with Gasteiger partial charge in [-0.3, -0.25) is 9.59 Å². The summed E-state index contributed by atoms with van der Waals surface area (Å²) < 4.78 is 0. The molecule has 2 saturated carbocycles. The van der Waals surface area contributed by atoms with Crippen molar-refractivity contribution in [2.45, 2.75) is 64.0 Å². The first-order valence-electron chi connectivity index (χ1n) is 9.35. The van der Waals surface area contributed by atoms with Gasteiger partial charge in [-0.25, -0.2) is 0 Å². The van der Waals surface area contributed by atoms with E-state index in [1.807, 2.05) is 17.0 Å². The molecule has 4 rings (SSSR count). The van der Waals surface area contributed by atoms with Crippen LogP contribution in [0.25, 0.3) is 0 Å². The summed E-state index contributed by atoms with van der Waals surface area (Å²) in [5, 5.41) is 3.11. The predicted molar refractivity (Wildman–Crippen MR) is 93.7 cm³/mol. The molecule has 2 amide bonds. The number of hydrogen-bond donors (Lipinski definition) is 1. The fourth-order valence-electron chi connectivity index (χ4n) is 4.25. The standard InChI is InChI=1S/C20H26N2O2/c1-13-12-16-4-2-3-5-18(16)22(13)20(24)15-8-6-14(7-9-15)19(23)21-17-10-11-17/h2-5,13-15,17H,6-12H2,1H3,(H,21,23). The molecule has 1 atom stereocenters. The van der Waals surface area contributed by atoms with Crippen LogP contribution in [0.5, 0.6) is 0 Å². The Balaban J connectivity index is 1.38. The van der Waals surface area contributed by atoms with Gasteiger partial charge >= 0.3 is 0 Å². The Morgan fingerprint density at radius 1 is 1.00 bits per heavy atom. The maximum atomic E-state index is 13.1. The fourth-order valence-corrected chi connectivity index (χ4v) is 4.25. The smallest absolute Gasteiger partial charge is 0.230 e. The zero-order chi connectivity index (χ0) is 16.7. The number of fused-ring (bicyclic) bond motifs is 1. The van der Waals surface area contributed by atoms with E-state index in [4.69, 9.17) is 0 Å². The van der Waals surface area contributed by atoms with Crippen LogP contribution in [-0.2, 0) is 16.0 Å². The van der Waals surface area contributed by atoms with E-state index in [-0.39, 0.29) is 29.7 Å². The molecule has 0 spiro atoms. The zero-order valence-electron chi connectivity index (χ0n) is 14.3. The molecule has 0 bridgehead atoms. The molecule has 2 aliphatic carbocycles. The third-order valence-corrected chi connectivity index (χ3v) is 5.82. The average Bonchev–Trinajstić information content (AvgIpc) is 3.34. The van der Waals surface area contributed by atoms with Gasteiger partial charge in [0.05, 0.1) is 0 Å². The lowest BCUT2D eigenvalue weighted by Gasteiger charge is -2.32. The molecule has 1 aliphatic heterocycles. The van der Waals surface area contributed by atoms with Crippen LogP contribution in [0.4, 0.5) is 5.69 Å². The van der Waals surface area contributed by atoms with Gasteiger partial charge in [0.15, 0.2) is 0 Å². The van der Waals surface area contributed by atoms with Crippen LogP contribution >= 0.6 is 0 Å². The minimum Gasteiger partial charge on any atom is -0.353 e. The van der Waals surface area contributed by atoms with Gasteiger partial charge < -0.3 is 10.2 Å². The van der Waals surface area contributed by atoms with E-state index < -0.39 is 0 Å². The molecule has 4 heteroatoms. The van der Waals surface area contributed by atoms with Crippen LogP contribution in [-0.4, -0.2) is 23.9 Å². The number of anilines is 1. The lowest BCUT2D eigenvalue weighted by atomic mass is 9.80. The van der Waals surface area contributed by atoms with Crippen molar-refractivity contribution in [3.8, 4) is 0 Å². The SMILES string of the molecule is CC1Cc2ccccc2N1C(=O)C1CCC(C(=O)NC2CC2)CC1. The highest BCUT2D eigenvalue weighted by molar-refractivity contribution is 5.97. The second-order valence-electron chi connectivity index (χ2n) is 7.72. The van der Waals surface area contributed by atoms with Crippen molar-refractivity contribution >= 4 is 17.5 Å². The molecule has 1 aromatic rings. The number of rotatable bonds is 3. The van der Waals surface area contributed by atoms with Crippen molar-refractivity contribution < 1.29 is 9.59 Å². The zero-order valence-corrected chi connectivity index (χ0v) is 14.3. The van der Waals surface area contributed by atoms with E-state index in [9.17, 15) is 9.59 Å². The van der Waals surface area contributed by atoms with Crippen molar-refractivity contribution in [2.75, 3.05) is 4.90 Å². The number of para-hydroxylation sites is 1. The summed E-state index contributed by atoms with van der Waals surface area (Å²) in [5.41, 5.74) is 2.36. The predicted octanol–water partition coefficient (Wildman–Crippen LogP) is 3.05. The summed E-state index contributed by atoms with van der Waals surface area (Å²) in [7, 11) is 0. The second kappa shape index (κ2) is 6.23. The van der Waals surface area contributed by atoms with Crippen LogP contribution in [0, 0.1) is 11.8 Å². The quantitative estimate of drug-likeness (QED) is 0.928. The first kappa shape index (κ1) is 15.7. The van der Waals surface area contributed by atoms with Gasteiger partial charge in [-0.05, 0) is 63.5 Å². The van der Waals surface area contributed by atoms with Crippen molar-refractivity contribution in [3.63, 3.8) is 0 Å². The second-order valence-corrected chi connectivity index (χ2v) is 7.72. The number of amides is 2. The Morgan fingerprint density at radius 3 is 2.38 bits per heavy atom. The Labute approximate surface area is 143 Å². The van der Waals surface area contributed by atoms with Crippen LogP contribution in [0.15, 0.2) is 24.3 Å². The number of nitrogens with zero attached hydrogens (tertiary/aromatic N) is 1. The summed E-state index contributed by atoms with van der Waals surface area (Å²) in [6.07, 6.45) is 6.58. The van der Waals surface area contributed by atoms with Crippen LogP contribution in [0.3, 0.4) is 0 Å². The van der Waals surface area contributed by atoms with E-state index in [2.05, 4.69) is 24.4 Å². The molecule has 1 heterocycles. The van der Waals surface area contributed by atoms with E-state index in [0.29, 0.717) is 6.04 Å². The monoisotopic (exact) mass is 326 g/mol. The van der Waals surface area contributed by atoms with Crippen LogP contribution in [0.2, 0.25) is 0 Å². The molecule has 1 aromatic carbocycles. The largest absolute Gasteiger partial charge is 0.353 e. The fraction of sp³-hybridized carbons (Fsp3) is 0.600. The Bertz CT molecular complexity index is 645. The number of hydrogen-bond acceptors (Lipinski definition) is 2. The maximum absolute atomic E-state index is 13.1. The number of carbonyl (C=O) groups is 2. The normalized spacial score (nSPS) is 29.2. The molecule has 0 radical (unpaired) electrons. The highest BCUT2D eigenvalue weighted by atomic mass is 16.2. The van der Waals surface area contributed by atoms with Gasteiger partial charge in [0.1, 0.15) is 0 Å². The molecular weight excluding hydrogens is 300 g/mol. The third-order valence-electron chi connectivity index (χ3n) is 5.82. The number of carbonyl (C=O) groups excluding carboxylic acids is 2. The number of nitrogens with one attached hydrogen (secondary N) is 1. The number of benzene rings is 1. The lowest BCUT2D eigenvalue weighted by Crippen LogP contribution is -2.42. The maximum Gasteiger partial charge on any atom is 0.230 e. The summed E-state index contributed by atoms with van der Waals surface area (Å²) in [6.45, 7) is 2.13. The van der Waals surface area contributed by atoms with E-state index >= 15 is 0 Å². The highest BCUT2D eigenvalue weighted by Crippen LogP contribution is 2.37. The molecule has 4 nitrogen and oxygen atoms in total. The summed E-state index contributed by atoms with van der Waals surface area (Å²) >= 11 is 0. The molecule has 0 aromatic heterocycles. The lowest BCUT2D eigenvalue weighted by molar-refractivity contribution is -0.129. The van der Waals surface area contributed by atoms with Crippen LogP contribution < -0.4 is 10.2 Å². The molecule has 24 heavy (non-hydrogen) atoms. The van der Waals surface area contributed by atoms with E-state index in [0.717, 1.165) is 50.6 Å². The third kappa shape index (κ3) is 2.94. The van der Waals surface area contributed by atoms with Gasteiger partial charge in [-0.2, -0.15) is 0 Å². The van der Waals surface area contributed by atoms with Crippen LogP contribution in [0.1, 0.15) is 51.0 Å². The minimum atomic E-state index is 0.0728. The molecule has 128 valence electrons. The molecule has 3 aliphatic rings. The highest BCUT2D eigenvalue weighted by Gasteiger charge is 2.38. The average molecular weight is 326 g/mol. The Morgan fingerprint density at radius 2 is 1.67 bits per heavy atom. The van der Waals surface area contributed by atoms with Gasteiger partial charge in [-0.1, -0.05) is 18.2 Å². The van der Waals surface area contributed by atoms with Crippen molar-refractivity contribution in [1.82, 2.24) is 5.32 Å². The molecule has 1 N–H and O–H groups in total. The Hall–Kier alpha value is -1.84. The minimum absolute atomic E-state index is 0.0728. The van der Waals surface area contributed by atoms with Gasteiger partial charge in [0, 0.05) is 29.6 Å². The molecular formula is C20H26N2O2. The molecule has 1 unspecified atom stereocenters. The topological polar surface area (TPSA) is 49.4 Å². The van der Waals surface area contributed by atoms with Gasteiger partial charge in [-0.15, -0.1) is 0 Å². The van der Waals surface area contributed by atoms with Crippen molar-refractivity contribution in [3.05, 3.63) is 29.8 Å². The summed E-state index contributed by atoms with van der Waals surface area (Å²) in [6, 6.07) is 8.91. The first-order valence-corrected chi connectivity index (χ1v) is 9.35. The van der Waals surface area contributed by atoms with E-state index in [1.165, 1.54) is 5.56 Å². The van der Waals surface area contributed by atoms with Crippen molar-refractivity contribution in [1.29, 1.82) is 0 Å². The Kier molecular flexibility index (Phi) is 4.07. The molecule has 2 fully saturated rings. The summed E-state index contributed by atoms with van der Waals surface area (Å²) in [4.78, 5) is 27.3. The first-order chi connectivity index (χ1) is 11.6.